The normalized spacial score (nSPS) is 10.8. The van der Waals surface area contributed by atoms with Gasteiger partial charge >= 0.3 is 0 Å². The third-order valence-electron chi connectivity index (χ3n) is 1.55. The number of rotatable bonds is 0. The smallest absolute Gasteiger partial charge is 0.187 e. The second-order valence-corrected chi connectivity index (χ2v) is 2.25. The molecule has 0 amide bonds. The van der Waals surface area contributed by atoms with Crippen LogP contribution in [0.1, 0.15) is 5.56 Å². The van der Waals surface area contributed by atoms with Crippen molar-refractivity contribution in [2.75, 3.05) is 6.61 Å². The van der Waals surface area contributed by atoms with Gasteiger partial charge in [-0.25, -0.2) is 0 Å². The van der Waals surface area contributed by atoms with Crippen molar-refractivity contribution in [2.24, 2.45) is 0 Å². The molecule has 0 N–H and O–H groups in total. The molecule has 1 aromatic rings. The van der Waals surface area contributed by atoms with Crippen LogP contribution in [0.5, 0.6) is 5.75 Å². The van der Waals surface area contributed by atoms with Crippen LogP contribution >= 0.6 is 0 Å². The zero-order valence-corrected chi connectivity index (χ0v) is 10.3. The fraction of sp³-hybridized carbons (Fsp3) is 0.111. The molecule has 0 fully saturated rings. The number of para-hydroxylation sites is 1. The molecule has 0 aliphatic carbocycles. The molecule has 0 aromatic heterocycles. The first-order chi connectivity index (χ1) is 4.97. The molecular weight excluding hydrogens is 394 g/mol. The van der Waals surface area contributed by atoms with Crippen LogP contribution in [0.3, 0.4) is 0 Å². The largest absolute Gasteiger partial charge is 0.489 e. The monoisotopic (exact) mass is 405 g/mol. The Morgan fingerprint density at radius 1 is 1.15 bits per heavy atom. The second-order valence-electron chi connectivity index (χ2n) is 2.25. The quantitative estimate of drug-likeness (QED) is 0.584. The number of hydrogen-bond donors (Lipinski definition) is 0. The SMILES string of the molecule is C1=Cc2ccccc2OC1.[AlH3].[Co].[W]. The van der Waals surface area contributed by atoms with Gasteiger partial charge in [-0.05, 0) is 12.1 Å². The van der Waals surface area contributed by atoms with Gasteiger partial charge in [-0.15, -0.1) is 0 Å². The van der Waals surface area contributed by atoms with E-state index in [-0.39, 0.29) is 55.2 Å². The van der Waals surface area contributed by atoms with Crippen LogP contribution in [-0.4, -0.2) is 24.0 Å². The molecule has 4 heteroatoms. The molecule has 0 saturated heterocycles. The van der Waals surface area contributed by atoms with E-state index in [4.69, 9.17) is 4.74 Å². The van der Waals surface area contributed by atoms with Crippen LogP contribution in [0, 0.1) is 0 Å². The number of benzene rings is 1. The summed E-state index contributed by atoms with van der Waals surface area (Å²) in [6.07, 6.45) is 4.10. The Morgan fingerprint density at radius 3 is 2.54 bits per heavy atom. The van der Waals surface area contributed by atoms with Crippen molar-refractivity contribution in [3.05, 3.63) is 35.9 Å². The van der Waals surface area contributed by atoms with E-state index in [0.717, 1.165) is 5.75 Å². The Kier molecular flexibility index (Phi) is 9.63. The Balaban J connectivity index is 0. The molecule has 1 radical (unpaired) electrons. The molecule has 1 aliphatic heterocycles. The average Bonchev–Trinajstić information content (AvgIpc) is 2.05. The fourth-order valence-corrected chi connectivity index (χ4v) is 1.06. The summed E-state index contributed by atoms with van der Waals surface area (Å²) < 4.78 is 5.34. The summed E-state index contributed by atoms with van der Waals surface area (Å²) in [5.41, 5.74) is 1.17. The van der Waals surface area contributed by atoms with Gasteiger partial charge in [-0.2, -0.15) is 0 Å². The predicted molar refractivity (Wildman–Crippen MR) is 50.9 cm³/mol. The molecule has 0 atom stereocenters. The van der Waals surface area contributed by atoms with Crippen molar-refractivity contribution < 1.29 is 42.6 Å². The average molecular weight is 405 g/mol. The molecule has 1 heterocycles. The third-order valence-corrected chi connectivity index (χ3v) is 1.55. The molecule has 13 heavy (non-hydrogen) atoms. The molecule has 1 aliphatic rings. The van der Waals surface area contributed by atoms with Gasteiger partial charge in [0.15, 0.2) is 17.4 Å². The maximum atomic E-state index is 5.34. The van der Waals surface area contributed by atoms with Crippen LogP contribution in [-0.2, 0) is 37.8 Å². The summed E-state index contributed by atoms with van der Waals surface area (Å²) >= 11 is 0. The van der Waals surface area contributed by atoms with Crippen LogP contribution < -0.4 is 4.74 Å². The van der Waals surface area contributed by atoms with Gasteiger partial charge < -0.3 is 4.74 Å². The summed E-state index contributed by atoms with van der Waals surface area (Å²) in [4.78, 5) is 0. The molecular formula is C9H11AlCoOW. The minimum absolute atomic E-state index is 0. The van der Waals surface area contributed by atoms with Crippen molar-refractivity contribution in [1.29, 1.82) is 0 Å². The Labute approximate surface area is 114 Å². The molecule has 1 aromatic carbocycles. The number of fused-ring (bicyclic) bond motifs is 1. The van der Waals surface area contributed by atoms with Crippen LogP contribution in [0.15, 0.2) is 30.3 Å². The van der Waals surface area contributed by atoms with Gasteiger partial charge in [0.2, 0.25) is 0 Å². The Bertz CT molecular complexity index is 278. The number of hydrogen-bond acceptors (Lipinski definition) is 1. The molecule has 1 nitrogen and oxygen atoms in total. The van der Waals surface area contributed by atoms with Gasteiger partial charge in [-0.1, -0.05) is 24.3 Å². The minimum Gasteiger partial charge on any atom is -0.489 e. The molecule has 71 valence electrons. The zero-order valence-electron chi connectivity index (χ0n) is 6.32. The van der Waals surface area contributed by atoms with Crippen LogP contribution in [0.4, 0.5) is 0 Å². The van der Waals surface area contributed by atoms with Crippen LogP contribution in [0.2, 0.25) is 0 Å². The van der Waals surface area contributed by atoms with Gasteiger partial charge in [0.25, 0.3) is 0 Å². The maximum Gasteiger partial charge on any atom is 0.187 e. The molecule has 0 saturated carbocycles. The van der Waals surface area contributed by atoms with Crippen LogP contribution in [0.25, 0.3) is 6.08 Å². The van der Waals surface area contributed by atoms with Gasteiger partial charge in [0.1, 0.15) is 12.4 Å². The topological polar surface area (TPSA) is 9.23 Å². The molecule has 0 unspecified atom stereocenters. The van der Waals surface area contributed by atoms with Crippen molar-refractivity contribution in [3.8, 4) is 5.75 Å². The first-order valence-electron chi connectivity index (χ1n) is 3.35. The Hall–Kier alpha value is 0.487. The van der Waals surface area contributed by atoms with E-state index in [1.54, 1.807) is 0 Å². The zero-order chi connectivity index (χ0) is 6.81. The Morgan fingerprint density at radius 2 is 1.85 bits per heavy atom. The van der Waals surface area contributed by atoms with E-state index in [1.807, 2.05) is 30.3 Å². The second kappa shape index (κ2) is 7.85. The van der Waals surface area contributed by atoms with E-state index < -0.39 is 0 Å². The molecule has 0 spiro atoms. The minimum atomic E-state index is 0. The van der Waals surface area contributed by atoms with Gasteiger partial charge in [-0.3, -0.25) is 0 Å². The van der Waals surface area contributed by atoms with Crippen molar-refractivity contribution in [3.63, 3.8) is 0 Å². The van der Waals surface area contributed by atoms with Crippen molar-refractivity contribution in [2.45, 2.75) is 0 Å². The molecule has 0 bridgehead atoms. The summed E-state index contributed by atoms with van der Waals surface area (Å²) in [6.45, 7) is 0.705. The summed E-state index contributed by atoms with van der Waals surface area (Å²) in [5, 5.41) is 0. The third kappa shape index (κ3) is 4.02. The first-order valence-corrected chi connectivity index (χ1v) is 3.35. The fourth-order valence-electron chi connectivity index (χ4n) is 1.06. The van der Waals surface area contributed by atoms with E-state index >= 15 is 0 Å². The number of ether oxygens (including phenoxy) is 1. The summed E-state index contributed by atoms with van der Waals surface area (Å²) in [5.74, 6) is 0.991. The van der Waals surface area contributed by atoms with E-state index in [9.17, 15) is 0 Å². The van der Waals surface area contributed by atoms with Crippen molar-refractivity contribution >= 4 is 23.4 Å². The first kappa shape index (κ1) is 15.9. The molecule has 2 rings (SSSR count). The van der Waals surface area contributed by atoms with Gasteiger partial charge in [0, 0.05) is 43.4 Å². The van der Waals surface area contributed by atoms with E-state index in [0.29, 0.717) is 6.61 Å². The standard InChI is InChI=1S/C9H8O.Al.Co.W.3H/c1-2-6-9-8(4-1)5-3-7-10-9;;;;;;/h1-6H,7H2;;;;;;. The predicted octanol–water partition coefficient (Wildman–Crippen LogP) is 0.903. The van der Waals surface area contributed by atoms with E-state index in [2.05, 4.69) is 6.08 Å². The maximum absolute atomic E-state index is 5.34. The van der Waals surface area contributed by atoms with Gasteiger partial charge in [0.05, 0.1) is 0 Å². The summed E-state index contributed by atoms with van der Waals surface area (Å²) in [6, 6.07) is 8.03. The van der Waals surface area contributed by atoms with E-state index in [1.165, 1.54) is 5.56 Å². The summed E-state index contributed by atoms with van der Waals surface area (Å²) in [7, 11) is 0. The van der Waals surface area contributed by atoms with Crippen molar-refractivity contribution in [1.82, 2.24) is 0 Å².